The molecule has 7 heteroatoms. The lowest BCUT2D eigenvalue weighted by Crippen LogP contribution is -2.13. The molecule has 0 radical (unpaired) electrons. The van der Waals surface area contributed by atoms with Crippen LogP contribution < -0.4 is 16.6 Å². The number of anilines is 2. The molecule has 2 aromatic heterocycles. The fourth-order valence-corrected chi connectivity index (χ4v) is 1.72. The van der Waals surface area contributed by atoms with Gasteiger partial charge in [0.1, 0.15) is 18.2 Å². The van der Waals surface area contributed by atoms with E-state index in [4.69, 9.17) is 10.6 Å². The maximum atomic E-state index is 5.42. The molecule has 0 saturated heterocycles. The Bertz CT molecular complexity index is 572. The first-order valence-corrected chi connectivity index (χ1v) is 6.79. The highest BCUT2D eigenvalue weighted by Gasteiger charge is 2.04. The fraction of sp³-hybridized carbons (Fsp3) is 0.357. The number of ether oxygens (including phenoxy) is 1. The molecule has 0 fully saturated rings. The summed E-state index contributed by atoms with van der Waals surface area (Å²) in [5.74, 6) is 7.24. The number of rotatable bonds is 7. The molecule has 0 saturated carbocycles. The average molecular weight is 288 g/mol. The van der Waals surface area contributed by atoms with Gasteiger partial charge in [0.05, 0.1) is 0 Å². The second kappa shape index (κ2) is 7.51. The molecule has 4 N–H and O–H groups in total. The summed E-state index contributed by atoms with van der Waals surface area (Å²) in [6.07, 6.45) is 1.84. The zero-order valence-electron chi connectivity index (χ0n) is 12.3. The number of aromatic nitrogens is 3. The van der Waals surface area contributed by atoms with E-state index in [1.165, 1.54) is 0 Å². The van der Waals surface area contributed by atoms with Gasteiger partial charge in [-0.15, -0.1) is 0 Å². The summed E-state index contributed by atoms with van der Waals surface area (Å²) < 4.78 is 5.32. The third kappa shape index (κ3) is 4.66. The van der Waals surface area contributed by atoms with E-state index in [0.717, 1.165) is 11.3 Å². The second-order valence-electron chi connectivity index (χ2n) is 4.50. The lowest BCUT2D eigenvalue weighted by atomic mass is 10.2. The maximum absolute atomic E-state index is 5.42. The van der Waals surface area contributed by atoms with E-state index in [1.54, 1.807) is 6.07 Å². The summed E-state index contributed by atoms with van der Waals surface area (Å²) in [5.41, 5.74) is 4.60. The van der Waals surface area contributed by atoms with Crippen LogP contribution in [0.1, 0.15) is 24.0 Å². The summed E-state index contributed by atoms with van der Waals surface area (Å²) in [6, 6.07) is 5.75. The lowest BCUT2D eigenvalue weighted by molar-refractivity contribution is 0.128. The Morgan fingerprint density at radius 1 is 1.24 bits per heavy atom. The summed E-state index contributed by atoms with van der Waals surface area (Å²) >= 11 is 0. The minimum Gasteiger partial charge on any atom is -0.374 e. The third-order valence-corrected chi connectivity index (χ3v) is 2.80. The number of nitrogens with two attached hydrogens (primary N) is 1. The molecule has 0 aromatic carbocycles. The summed E-state index contributed by atoms with van der Waals surface area (Å²) in [7, 11) is 0. The zero-order chi connectivity index (χ0) is 15.1. The second-order valence-corrected chi connectivity index (χ2v) is 4.50. The van der Waals surface area contributed by atoms with Crippen LogP contribution in [-0.4, -0.2) is 21.6 Å². The average Bonchev–Trinajstić information content (AvgIpc) is 2.52. The molecular formula is C14H20N6O. The topological polar surface area (TPSA) is 98.0 Å². The predicted molar refractivity (Wildman–Crippen MR) is 81.5 cm³/mol. The molecule has 7 nitrogen and oxygen atoms in total. The number of aryl methyl sites for hydroxylation is 1. The van der Waals surface area contributed by atoms with Crippen molar-refractivity contribution in [3.05, 3.63) is 41.5 Å². The van der Waals surface area contributed by atoms with Gasteiger partial charge >= 0.3 is 0 Å². The van der Waals surface area contributed by atoms with Crippen molar-refractivity contribution in [3.8, 4) is 0 Å². The SMILES string of the molecule is CCOCc1nc(NN)cc(NCc2ccc(C)nc2)n1. The molecule has 0 spiro atoms. The highest BCUT2D eigenvalue weighted by Crippen LogP contribution is 2.12. The van der Waals surface area contributed by atoms with Gasteiger partial charge in [-0.3, -0.25) is 4.98 Å². The number of hydrogen-bond acceptors (Lipinski definition) is 7. The van der Waals surface area contributed by atoms with Crippen LogP contribution in [0.3, 0.4) is 0 Å². The molecule has 0 aliphatic heterocycles. The van der Waals surface area contributed by atoms with Gasteiger partial charge in [0.15, 0.2) is 5.82 Å². The Kier molecular flexibility index (Phi) is 5.42. The predicted octanol–water partition coefficient (Wildman–Crippen LogP) is 1.61. The molecule has 0 unspecified atom stereocenters. The van der Waals surface area contributed by atoms with Crippen molar-refractivity contribution in [2.75, 3.05) is 17.3 Å². The molecule has 0 aliphatic rings. The molecule has 2 heterocycles. The van der Waals surface area contributed by atoms with E-state index in [-0.39, 0.29) is 0 Å². The van der Waals surface area contributed by atoms with Crippen molar-refractivity contribution in [2.24, 2.45) is 5.84 Å². The van der Waals surface area contributed by atoms with Crippen molar-refractivity contribution in [2.45, 2.75) is 27.0 Å². The molecule has 21 heavy (non-hydrogen) atoms. The van der Waals surface area contributed by atoms with E-state index >= 15 is 0 Å². The quantitative estimate of drug-likeness (QED) is 0.526. The minimum atomic E-state index is 0.354. The van der Waals surface area contributed by atoms with Gasteiger partial charge in [-0.05, 0) is 25.5 Å². The molecular weight excluding hydrogens is 268 g/mol. The first-order chi connectivity index (χ1) is 10.2. The smallest absolute Gasteiger partial charge is 0.158 e. The maximum Gasteiger partial charge on any atom is 0.158 e. The van der Waals surface area contributed by atoms with E-state index in [1.807, 2.05) is 32.2 Å². The van der Waals surface area contributed by atoms with Crippen molar-refractivity contribution >= 4 is 11.6 Å². The Balaban J connectivity index is 2.05. The molecule has 2 rings (SSSR count). The van der Waals surface area contributed by atoms with Crippen LogP contribution in [0.25, 0.3) is 0 Å². The van der Waals surface area contributed by atoms with Crippen LogP contribution in [0, 0.1) is 6.92 Å². The number of nitrogens with one attached hydrogen (secondary N) is 2. The fourth-order valence-electron chi connectivity index (χ4n) is 1.72. The molecule has 0 amide bonds. The van der Waals surface area contributed by atoms with Crippen molar-refractivity contribution in [1.82, 2.24) is 15.0 Å². The van der Waals surface area contributed by atoms with Crippen LogP contribution in [-0.2, 0) is 17.9 Å². The van der Waals surface area contributed by atoms with Gasteiger partial charge in [-0.2, -0.15) is 0 Å². The van der Waals surface area contributed by atoms with E-state index in [9.17, 15) is 0 Å². The first kappa shape index (κ1) is 15.1. The van der Waals surface area contributed by atoms with Crippen LogP contribution in [0.5, 0.6) is 0 Å². The lowest BCUT2D eigenvalue weighted by Gasteiger charge is -2.10. The van der Waals surface area contributed by atoms with Crippen LogP contribution >= 0.6 is 0 Å². The van der Waals surface area contributed by atoms with Crippen LogP contribution in [0.4, 0.5) is 11.6 Å². The number of nitrogens with zero attached hydrogens (tertiary/aromatic N) is 3. The van der Waals surface area contributed by atoms with Crippen molar-refractivity contribution in [1.29, 1.82) is 0 Å². The monoisotopic (exact) mass is 288 g/mol. The van der Waals surface area contributed by atoms with Gasteiger partial charge < -0.3 is 15.5 Å². The Morgan fingerprint density at radius 2 is 2.05 bits per heavy atom. The van der Waals surface area contributed by atoms with Crippen molar-refractivity contribution in [3.63, 3.8) is 0 Å². The third-order valence-electron chi connectivity index (χ3n) is 2.80. The molecule has 112 valence electrons. The van der Waals surface area contributed by atoms with E-state index in [2.05, 4.69) is 25.7 Å². The summed E-state index contributed by atoms with van der Waals surface area (Å²) in [6.45, 7) is 5.48. The van der Waals surface area contributed by atoms with Gasteiger partial charge in [0.25, 0.3) is 0 Å². The van der Waals surface area contributed by atoms with E-state index in [0.29, 0.717) is 37.2 Å². The number of pyridine rings is 1. The Labute approximate surface area is 123 Å². The number of hydrogen-bond donors (Lipinski definition) is 3. The summed E-state index contributed by atoms with van der Waals surface area (Å²) in [5, 5.41) is 3.23. The molecule has 0 aliphatic carbocycles. The highest BCUT2D eigenvalue weighted by atomic mass is 16.5. The summed E-state index contributed by atoms with van der Waals surface area (Å²) in [4.78, 5) is 12.9. The molecule has 2 aromatic rings. The van der Waals surface area contributed by atoms with E-state index < -0.39 is 0 Å². The molecule has 0 atom stereocenters. The van der Waals surface area contributed by atoms with Gasteiger partial charge in [-0.25, -0.2) is 15.8 Å². The normalized spacial score (nSPS) is 10.4. The van der Waals surface area contributed by atoms with Gasteiger partial charge in [0.2, 0.25) is 0 Å². The van der Waals surface area contributed by atoms with Crippen LogP contribution in [0.2, 0.25) is 0 Å². The molecule has 0 bridgehead atoms. The Hall–Kier alpha value is -2.25. The largest absolute Gasteiger partial charge is 0.374 e. The first-order valence-electron chi connectivity index (χ1n) is 6.79. The Morgan fingerprint density at radius 3 is 2.71 bits per heavy atom. The van der Waals surface area contributed by atoms with Gasteiger partial charge in [-0.1, -0.05) is 6.07 Å². The highest BCUT2D eigenvalue weighted by molar-refractivity contribution is 5.47. The van der Waals surface area contributed by atoms with Crippen LogP contribution in [0.15, 0.2) is 24.4 Å². The zero-order valence-corrected chi connectivity index (χ0v) is 12.3. The van der Waals surface area contributed by atoms with Gasteiger partial charge in [0, 0.05) is 31.1 Å². The van der Waals surface area contributed by atoms with Crippen molar-refractivity contribution < 1.29 is 4.74 Å². The number of nitrogen functional groups attached to an aromatic ring is 1. The number of hydrazine groups is 1. The standard InChI is InChI=1S/C14H20N6O/c1-3-21-9-14-18-12(6-13(19-14)20-15)17-8-11-5-4-10(2)16-7-11/h4-7H,3,8-9,15H2,1-2H3,(H2,17,18,19,20). The minimum absolute atomic E-state index is 0.354.